The minimum absolute atomic E-state index is 0.0679. The molecule has 0 aliphatic heterocycles. The average Bonchev–Trinajstić information content (AvgIpc) is 2.79. The molecule has 0 saturated carbocycles. The molecule has 1 heterocycles. The molecule has 0 radical (unpaired) electrons. The van der Waals surface area contributed by atoms with Crippen molar-refractivity contribution < 1.29 is 9.53 Å². The van der Waals surface area contributed by atoms with Gasteiger partial charge in [-0.25, -0.2) is 0 Å². The Kier molecular flexibility index (Phi) is 4.52. The maximum atomic E-state index is 12.3. The van der Waals surface area contributed by atoms with Crippen LogP contribution in [-0.4, -0.2) is 35.6 Å². The molecule has 1 amide bonds. The number of hydrogen-bond donors (Lipinski definition) is 1. The molecule has 0 aliphatic carbocycles. The SMILES string of the molecule is Cc1ccc(OCCN(C)C(=O)c2cc(N)cn2C)cc1. The highest BCUT2D eigenvalue weighted by molar-refractivity contribution is 5.93. The summed E-state index contributed by atoms with van der Waals surface area (Å²) in [5.74, 6) is 0.742. The fourth-order valence-corrected chi connectivity index (χ4v) is 2.03. The van der Waals surface area contributed by atoms with Gasteiger partial charge in [-0.1, -0.05) is 17.7 Å². The lowest BCUT2D eigenvalue weighted by atomic mass is 10.2. The number of nitrogen functional groups attached to an aromatic ring is 1. The Labute approximate surface area is 124 Å². The van der Waals surface area contributed by atoms with Gasteiger partial charge in [-0.15, -0.1) is 0 Å². The third kappa shape index (κ3) is 3.78. The number of carbonyl (C=O) groups is 1. The summed E-state index contributed by atoms with van der Waals surface area (Å²) in [6, 6.07) is 9.53. The van der Waals surface area contributed by atoms with Crippen molar-refractivity contribution in [2.45, 2.75) is 6.92 Å². The highest BCUT2D eigenvalue weighted by Gasteiger charge is 2.15. The van der Waals surface area contributed by atoms with E-state index in [0.29, 0.717) is 24.5 Å². The number of nitrogens with two attached hydrogens (primary N) is 1. The second kappa shape index (κ2) is 6.35. The predicted octanol–water partition coefficient (Wildman–Crippen LogP) is 2.07. The van der Waals surface area contributed by atoms with Gasteiger partial charge in [0, 0.05) is 20.3 Å². The lowest BCUT2D eigenvalue weighted by molar-refractivity contribution is 0.0764. The number of rotatable bonds is 5. The third-order valence-corrected chi connectivity index (χ3v) is 3.31. The molecule has 2 aromatic rings. The van der Waals surface area contributed by atoms with Crippen molar-refractivity contribution >= 4 is 11.6 Å². The quantitative estimate of drug-likeness (QED) is 0.915. The monoisotopic (exact) mass is 287 g/mol. The lowest BCUT2D eigenvalue weighted by Gasteiger charge is -2.17. The maximum Gasteiger partial charge on any atom is 0.270 e. The van der Waals surface area contributed by atoms with E-state index in [1.165, 1.54) is 5.56 Å². The van der Waals surface area contributed by atoms with Gasteiger partial charge in [-0.3, -0.25) is 4.79 Å². The van der Waals surface area contributed by atoms with Gasteiger partial charge in [0.25, 0.3) is 5.91 Å². The van der Waals surface area contributed by atoms with Crippen molar-refractivity contribution in [3.63, 3.8) is 0 Å². The van der Waals surface area contributed by atoms with E-state index < -0.39 is 0 Å². The van der Waals surface area contributed by atoms with Crippen molar-refractivity contribution in [3.8, 4) is 5.75 Å². The van der Waals surface area contributed by atoms with Crippen LogP contribution in [0.2, 0.25) is 0 Å². The van der Waals surface area contributed by atoms with E-state index in [4.69, 9.17) is 10.5 Å². The highest BCUT2D eigenvalue weighted by Crippen LogP contribution is 2.12. The van der Waals surface area contributed by atoms with E-state index in [-0.39, 0.29) is 5.91 Å². The van der Waals surface area contributed by atoms with Gasteiger partial charge in [0.15, 0.2) is 0 Å². The number of aromatic nitrogens is 1. The zero-order valence-corrected chi connectivity index (χ0v) is 12.7. The number of carbonyl (C=O) groups excluding carboxylic acids is 1. The first kappa shape index (κ1) is 15.0. The minimum Gasteiger partial charge on any atom is -0.492 e. The summed E-state index contributed by atoms with van der Waals surface area (Å²) in [5.41, 5.74) is 8.04. The first-order chi connectivity index (χ1) is 9.97. The van der Waals surface area contributed by atoms with Crippen LogP contribution >= 0.6 is 0 Å². The predicted molar refractivity (Wildman–Crippen MR) is 83.5 cm³/mol. The molecule has 21 heavy (non-hydrogen) atoms. The van der Waals surface area contributed by atoms with Crippen molar-refractivity contribution in [3.05, 3.63) is 47.8 Å². The summed E-state index contributed by atoms with van der Waals surface area (Å²) < 4.78 is 7.36. The Morgan fingerprint density at radius 2 is 2.00 bits per heavy atom. The first-order valence-electron chi connectivity index (χ1n) is 6.84. The molecular formula is C16H21N3O2. The van der Waals surface area contributed by atoms with Gasteiger partial charge in [-0.2, -0.15) is 0 Å². The van der Waals surface area contributed by atoms with Crippen LogP contribution in [0.5, 0.6) is 5.75 Å². The zero-order chi connectivity index (χ0) is 15.4. The van der Waals surface area contributed by atoms with Crippen molar-refractivity contribution in [1.82, 2.24) is 9.47 Å². The zero-order valence-electron chi connectivity index (χ0n) is 12.7. The fourth-order valence-electron chi connectivity index (χ4n) is 2.03. The van der Waals surface area contributed by atoms with Gasteiger partial charge < -0.3 is 19.9 Å². The third-order valence-electron chi connectivity index (χ3n) is 3.31. The van der Waals surface area contributed by atoms with Crippen LogP contribution in [0, 0.1) is 6.92 Å². The molecule has 5 heteroatoms. The van der Waals surface area contributed by atoms with Crippen LogP contribution < -0.4 is 10.5 Å². The van der Waals surface area contributed by atoms with Gasteiger partial charge >= 0.3 is 0 Å². The number of ether oxygens (including phenoxy) is 1. The number of nitrogens with zero attached hydrogens (tertiary/aromatic N) is 2. The molecule has 0 fully saturated rings. The minimum atomic E-state index is -0.0679. The van der Waals surface area contributed by atoms with Crippen molar-refractivity contribution in [1.29, 1.82) is 0 Å². The summed E-state index contributed by atoms with van der Waals surface area (Å²) in [7, 11) is 3.56. The number of benzene rings is 1. The summed E-state index contributed by atoms with van der Waals surface area (Å²) in [4.78, 5) is 13.9. The Balaban J connectivity index is 1.87. The molecule has 2 N–H and O–H groups in total. The number of amides is 1. The summed E-state index contributed by atoms with van der Waals surface area (Å²) in [6.07, 6.45) is 1.73. The van der Waals surface area contributed by atoms with Gasteiger partial charge in [0.05, 0.1) is 12.2 Å². The summed E-state index contributed by atoms with van der Waals surface area (Å²) >= 11 is 0. The van der Waals surface area contributed by atoms with Crippen LogP contribution in [0.1, 0.15) is 16.1 Å². The molecule has 1 aromatic carbocycles. The molecule has 0 spiro atoms. The maximum absolute atomic E-state index is 12.3. The average molecular weight is 287 g/mol. The van der Waals surface area contributed by atoms with E-state index in [9.17, 15) is 4.79 Å². The van der Waals surface area contributed by atoms with E-state index in [1.54, 1.807) is 35.8 Å². The highest BCUT2D eigenvalue weighted by atomic mass is 16.5. The fraction of sp³-hybridized carbons (Fsp3) is 0.312. The van der Waals surface area contributed by atoms with Crippen molar-refractivity contribution in [2.24, 2.45) is 7.05 Å². The smallest absolute Gasteiger partial charge is 0.270 e. The van der Waals surface area contributed by atoms with E-state index in [2.05, 4.69) is 0 Å². The second-order valence-electron chi connectivity index (χ2n) is 5.16. The molecule has 5 nitrogen and oxygen atoms in total. The molecule has 112 valence electrons. The standard InChI is InChI=1S/C16H21N3O2/c1-12-4-6-14(7-5-12)21-9-8-18(2)16(20)15-10-13(17)11-19(15)3/h4-7,10-11H,8-9,17H2,1-3H3. The van der Waals surface area contributed by atoms with E-state index in [0.717, 1.165) is 5.75 Å². The molecular weight excluding hydrogens is 266 g/mol. The number of anilines is 1. The molecule has 1 aromatic heterocycles. The first-order valence-corrected chi connectivity index (χ1v) is 6.84. The molecule has 0 unspecified atom stereocenters. The van der Waals surface area contributed by atoms with Crippen molar-refractivity contribution in [2.75, 3.05) is 25.9 Å². The Morgan fingerprint density at radius 3 is 2.57 bits per heavy atom. The van der Waals surface area contributed by atoms with Crippen LogP contribution in [-0.2, 0) is 7.05 Å². The normalized spacial score (nSPS) is 10.4. The number of aryl methyl sites for hydroxylation is 2. The van der Waals surface area contributed by atoms with E-state index >= 15 is 0 Å². The molecule has 0 bridgehead atoms. The lowest BCUT2D eigenvalue weighted by Crippen LogP contribution is -2.32. The van der Waals surface area contributed by atoms with Crippen LogP contribution in [0.25, 0.3) is 0 Å². The van der Waals surface area contributed by atoms with Gasteiger partial charge in [0.1, 0.15) is 18.1 Å². The van der Waals surface area contributed by atoms with Crippen LogP contribution in [0.4, 0.5) is 5.69 Å². The number of hydrogen-bond acceptors (Lipinski definition) is 3. The second-order valence-corrected chi connectivity index (χ2v) is 5.16. The number of likely N-dealkylation sites (N-methyl/N-ethyl adjacent to an activating group) is 1. The van der Waals surface area contributed by atoms with Crippen LogP contribution in [0.15, 0.2) is 36.5 Å². The molecule has 0 atom stereocenters. The Bertz CT molecular complexity index is 617. The van der Waals surface area contributed by atoms with Gasteiger partial charge in [-0.05, 0) is 25.1 Å². The Morgan fingerprint density at radius 1 is 1.33 bits per heavy atom. The topological polar surface area (TPSA) is 60.5 Å². The Hall–Kier alpha value is -2.43. The largest absolute Gasteiger partial charge is 0.492 e. The van der Waals surface area contributed by atoms with Crippen LogP contribution in [0.3, 0.4) is 0 Å². The van der Waals surface area contributed by atoms with E-state index in [1.807, 2.05) is 31.2 Å². The van der Waals surface area contributed by atoms with Gasteiger partial charge in [0.2, 0.25) is 0 Å². The summed E-state index contributed by atoms with van der Waals surface area (Å²) in [6.45, 7) is 2.99. The molecule has 0 aliphatic rings. The summed E-state index contributed by atoms with van der Waals surface area (Å²) in [5, 5.41) is 0. The molecule has 0 saturated heterocycles. The molecule has 2 rings (SSSR count).